The maximum absolute atomic E-state index is 13.3. The summed E-state index contributed by atoms with van der Waals surface area (Å²) >= 11 is 5.95. The van der Waals surface area contributed by atoms with E-state index in [1.54, 1.807) is 12.1 Å². The first-order chi connectivity index (χ1) is 16.8. The molecule has 2 aromatic carbocycles. The molecule has 0 saturated carbocycles. The molecule has 3 aromatic rings. The molecule has 1 aromatic heterocycles. The minimum Gasteiger partial charge on any atom is -0.342 e. The molecule has 1 unspecified atom stereocenters. The molecule has 5 nitrogen and oxygen atoms in total. The van der Waals surface area contributed by atoms with Crippen LogP contribution in [0.25, 0.3) is 11.1 Å². The van der Waals surface area contributed by atoms with E-state index in [0.717, 1.165) is 54.8 Å². The van der Waals surface area contributed by atoms with Crippen molar-refractivity contribution in [1.29, 1.82) is 5.26 Å². The van der Waals surface area contributed by atoms with Crippen molar-refractivity contribution in [2.45, 2.75) is 37.5 Å². The molecule has 1 fully saturated rings. The van der Waals surface area contributed by atoms with E-state index < -0.39 is 34.4 Å². The normalized spacial score (nSPS) is 16.8. The molecule has 35 heavy (non-hydrogen) atoms. The summed E-state index contributed by atoms with van der Waals surface area (Å²) in [5.41, 5.74) is 1.56. The van der Waals surface area contributed by atoms with Crippen molar-refractivity contribution in [1.82, 2.24) is 15.6 Å². The number of pyridine rings is 1. The second-order valence-electron chi connectivity index (χ2n) is 8.34. The predicted molar refractivity (Wildman–Crippen MR) is 127 cm³/mol. The number of nitrogens with zero attached hydrogens (tertiary/aromatic N) is 2. The molecule has 0 aliphatic carbocycles. The number of piperidine rings is 1. The maximum atomic E-state index is 13.3. The first kappa shape index (κ1) is 24.7. The van der Waals surface area contributed by atoms with Gasteiger partial charge in [0, 0.05) is 12.2 Å². The lowest BCUT2D eigenvalue weighted by Gasteiger charge is -2.32. The average molecular weight is 499 g/mol. The van der Waals surface area contributed by atoms with Gasteiger partial charge in [-0.3, -0.25) is 4.79 Å². The van der Waals surface area contributed by atoms with Crippen molar-refractivity contribution in [3.63, 3.8) is 0 Å². The van der Waals surface area contributed by atoms with E-state index in [0.29, 0.717) is 5.56 Å². The maximum Gasteiger partial charge on any atom is 0.417 e. The molecule has 0 radical (unpaired) electrons. The van der Waals surface area contributed by atoms with Crippen LogP contribution >= 0.6 is 11.6 Å². The number of halogens is 4. The summed E-state index contributed by atoms with van der Waals surface area (Å²) in [6, 6.07) is 16.9. The fourth-order valence-corrected chi connectivity index (χ4v) is 4.56. The fourth-order valence-electron chi connectivity index (χ4n) is 4.26. The van der Waals surface area contributed by atoms with Crippen molar-refractivity contribution in [2.24, 2.45) is 0 Å². The Morgan fingerprint density at radius 1 is 1.14 bits per heavy atom. The highest BCUT2D eigenvalue weighted by molar-refractivity contribution is 6.34. The first-order valence-electron chi connectivity index (χ1n) is 11.1. The summed E-state index contributed by atoms with van der Waals surface area (Å²) < 4.78 is 39.9. The minimum absolute atomic E-state index is 0.117. The highest BCUT2D eigenvalue weighted by Gasteiger charge is 2.36. The third kappa shape index (κ3) is 5.64. The summed E-state index contributed by atoms with van der Waals surface area (Å²) in [6.07, 6.45) is -1.01. The molecule has 1 amide bonds. The van der Waals surface area contributed by atoms with Gasteiger partial charge in [0.25, 0.3) is 5.91 Å². The van der Waals surface area contributed by atoms with Crippen LogP contribution in [-0.4, -0.2) is 23.5 Å². The van der Waals surface area contributed by atoms with Crippen LogP contribution < -0.4 is 10.6 Å². The Morgan fingerprint density at radius 2 is 1.91 bits per heavy atom. The number of nitrogens with one attached hydrogen (secondary N) is 2. The zero-order valence-corrected chi connectivity index (χ0v) is 19.3. The zero-order valence-electron chi connectivity index (χ0n) is 18.6. The predicted octanol–water partition coefficient (Wildman–Crippen LogP) is 5.91. The van der Waals surface area contributed by atoms with Gasteiger partial charge in [-0.25, -0.2) is 4.98 Å². The van der Waals surface area contributed by atoms with E-state index in [1.807, 2.05) is 36.4 Å². The summed E-state index contributed by atoms with van der Waals surface area (Å²) in [6.45, 7) is 0.773. The lowest BCUT2D eigenvalue weighted by atomic mass is 9.90. The Bertz CT molecular complexity index is 1250. The van der Waals surface area contributed by atoms with Gasteiger partial charge in [0.1, 0.15) is 5.69 Å². The van der Waals surface area contributed by atoms with Gasteiger partial charge >= 0.3 is 6.18 Å². The molecular weight excluding hydrogens is 477 g/mol. The van der Waals surface area contributed by atoms with Gasteiger partial charge in [-0.15, -0.1) is 0 Å². The highest BCUT2D eigenvalue weighted by Crippen LogP contribution is 2.36. The van der Waals surface area contributed by atoms with E-state index in [4.69, 9.17) is 16.9 Å². The van der Waals surface area contributed by atoms with Gasteiger partial charge in [-0.2, -0.15) is 18.4 Å². The van der Waals surface area contributed by atoms with Crippen molar-refractivity contribution >= 4 is 17.5 Å². The monoisotopic (exact) mass is 498 g/mol. The van der Waals surface area contributed by atoms with Crippen LogP contribution in [0.1, 0.15) is 52.5 Å². The van der Waals surface area contributed by atoms with Crippen molar-refractivity contribution in [3.8, 4) is 17.2 Å². The van der Waals surface area contributed by atoms with E-state index in [1.165, 1.54) is 0 Å². The molecule has 2 N–H and O–H groups in total. The number of nitriles is 1. The topological polar surface area (TPSA) is 77.8 Å². The van der Waals surface area contributed by atoms with Crippen LogP contribution in [0.3, 0.4) is 0 Å². The summed E-state index contributed by atoms with van der Waals surface area (Å²) in [7, 11) is 0. The number of hydrogen-bond acceptors (Lipinski definition) is 4. The van der Waals surface area contributed by atoms with Crippen LogP contribution in [0.4, 0.5) is 13.2 Å². The molecular formula is C26H22ClF3N4O. The second-order valence-corrected chi connectivity index (χ2v) is 8.72. The van der Waals surface area contributed by atoms with Crippen molar-refractivity contribution in [3.05, 3.63) is 88.2 Å². The van der Waals surface area contributed by atoms with E-state index in [2.05, 4.69) is 21.7 Å². The number of benzene rings is 2. The van der Waals surface area contributed by atoms with E-state index in [9.17, 15) is 18.0 Å². The largest absolute Gasteiger partial charge is 0.417 e. The number of carbonyl (C=O) groups is 1. The van der Waals surface area contributed by atoms with Gasteiger partial charge < -0.3 is 10.6 Å². The molecule has 2 atom stereocenters. The molecule has 9 heteroatoms. The number of alkyl halides is 3. The Balaban J connectivity index is 1.67. The first-order valence-corrected chi connectivity index (χ1v) is 11.5. The zero-order chi connectivity index (χ0) is 25.0. The lowest BCUT2D eigenvalue weighted by molar-refractivity contribution is -0.137. The van der Waals surface area contributed by atoms with Gasteiger partial charge in [0.05, 0.1) is 28.3 Å². The van der Waals surface area contributed by atoms with Crippen molar-refractivity contribution < 1.29 is 18.0 Å². The molecule has 4 rings (SSSR count). The number of hydrogen-bond donors (Lipinski definition) is 2. The Kier molecular flexibility index (Phi) is 7.39. The summed E-state index contributed by atoms with van der Waals surface area (Å²) in [5, 5.41) is 14.6. The third-order valence-electron chi connectivity index (χ3n) is 6.04. The second kappa shape index (κ2) is 10.5. The number of amides is 1. The molecule has 1 saturated heterocycles. The fraction of sp³-hybridized carbons (Fsp3) is 0.269. The third-order valence-corrected chi connectivity index (χ3v) is 6.42. The average Bonchev–Trinajstić information content (AvgIpc) is 2.87. The molecule has 0 spiro atoms. The van der Waals surface area contributed by atoms with Gasteiger partial charge in [0.15, 0.2) is 0 Å². The van der Waals surface area contributed by atoms with Gasteiger partial charge in [-0.1, -0.05) is 48.4 Å². The molecule has 180 valence electrons. The Labute approximate surface area is 205 Å². The van der Waals surface area contributed by atoms with Crippen LogP contribution in [0.2, 0.25) is 5.02 Å². The number of aromatic nitrogens is 1. The standard InChI is InChI=1S/C26H22ClF3N4O/c27-22-20(26(28,29)30)11-13-33-24(22)25(35)34-23(21-6-1-2-12-32-21)19-5-3-4-18(14-19)17-9-7-16(15-31)8-10-17/h3-5,7-11,13-14,21,23,32H,1-2,6,12H2,(H,34,35)/t21-,23?/m0/s1. The summed E-state index contributed by atoms with van der Waals surface area (Å²) in [5.74, 6) is -0.776. The Hall–Kier alpha value is -3.41. The lowest BCUT2D eigenvalue weighted by Crippen LogP contribution is -2.46. The van der Waals surface area contributed by atoms with Crippen LogP contribution in [0.15, 0.2) is 60.8 Å². The quantitative estimate of drug-likeness (QED) is 0.458. The smallest absolute Gasteiger partial charge is 0.342 e. The van der Waals surface area contributed by atoms with Crippen LogP contribution in [-0.2, 0) is 6.18 Å². The Morgan fingerprint density at radius 3 is 2.57 bits per heavy atom. The minimum atomic E-state index is -4.70. The van der Waals surface area contributed by atoms with E-state index in [-0.39, 0.29) is 6.04 Å². The van der Waals surface area contributed by atoms with Crippen molar-refractivity contribution in [2.75, 3.05) is 6.54 Å². The van der Waals surface area contributed by atoms with Gasteiger partial charge in [-0.05, 0) is 60.3 Å². The summed E-state index contributed by atoms with van der Waals surface area (Å²) in [4.78, 5) is 16.9. The van der Waals surface area contributed by atoms with E-state index >= 15 is 0 Å². The molecule has 2 heterocycles. The molecule has 1 aliphatic heterocycles. The molecule has 0 bridgehead atoms. The number of carbonyl (C=O) groups excluding carboxylic acids is 1. The van der Waals surface area contributed by atoms with Crippen LogP contribution in [0.5, 0.6) is 0 Å². The number of rotatable bonds is 5. The highest BCUT2D eigenvalue weighted by atomic mass is 35.5. The SMILES string of the molecule is N#Cc1ccc(-c2cccc(C(NC(=O)c3nccc(C(F)(F)F)c3Cl)[C@@H]3CCCCN3)c2)cc1. The van der Waals surface area contributed by atoms with Crippen LogP contribution in [0, 0.1) is 11.3 Å². The molecule has 1 aliphatic rings. The van der Waals surface area contributed by atoms with Gasteiger partial charge in [0.2, 0.25) is 0 Å².